The summed E-state index contributed by atoms with van der Waals surface area (Å²) in [4.78, 5) is 52.3. The van der Waals surface area contributed by atoms with Gasteiger partial charge >= 0.3 is 0 Å². The molecule has 0 spiro atoms. The van der Waals surface area contributed by atoms with Gasteiger partial charge in [-0.2, -0.15) is 0 Å². The molecule has 0 bridgehead atoms. The lowest BCUT2D eigenvalue weighted by Crippen LogP contribution is -2.51. The summed E-state index contributed by atoms with van der Waals surface area (Å²) >= 11 is 0. The van der Waals surface area contributed by atoms with Crippen LogP contribution in [0.1, 0.15) is 53.8 Å². The van der Waals surface area contributed by atoms with Gasteiger partial charge in [-0.05, 0) is 31.9 Å². The normalized spacial score (nSPS) is 19.1. The first-order chi connectivity index (χ1) is 12.0. The second-order valence-electron chi connectivity index (χ2n) is 6.62. The van der Waals surface area contributed by atoms with Crippen LogP contribution in [0.15, 0.2) is 24.3 Å². The van der Waals surface area contributed by atoms with Gasteiger partial charge in [0.15, 0.2) is 0 Å². The highest BCUT2D eigenvalue weighted by Crippen LogP contribution is 2.26. The molecule has 0 N–H and O–H groups in total. The second kappa shape index (κ2) is 6.78. The smallest absolute Gasteiger partial charge is 0.262 e. The van der Waals surface area contributed by atoms with Gasteiger partial charge in [-0.15, -0.1) is 0 Å². The molecule has 0 aromatic heterocycles. The zero-order chi connectivity index (χ0) is 18.1. The van der Waals surface area contributed by atoms with Crippen LogP contribution in [-0.4, -0.2) is 52.4 Å². The lowest BCUT2D eigenvalue weighted by atomic mass is 9.91. The maximum absolute atomic E-state index is 12.8. The number of hydrogen-bond acceptors (Lipinski definition) is 4. The van der Waals surface area contributed by atoms with Crippen molar-refractivity contribution >= 4 is 23.5 Å². The summed E-state index contributed by atoms with van der Waals surface area (Å²) < 4.78 is 0. The van der Waals surface area contributed by atoms with Crippen LogP contribution in [-0.2, 0) is 9.59 Å². The summed E-state index contributed by atoms with van der Waals surface area (Å²) in [5.41, 5.74) is 0.693. The van der Waals surface area contributed by atoms with Crippen LogP contribution in [0.3, 0.4) is 0 Å². The van der Waals surface area contributed by atoms with E-state index in [1.165, 1.54) is 0 Å². The number of rotatable bonds is 4. The van der Waals surface area contributed by atoms with Crippen molar-refractivity contribution in [2.75, 3.05) is 13.1 Å². The van der Waals surface area contributed by atoms with Gasteiger partial charge in [-0.25, -0.2) is 0 Å². The fraction of sp³-hybridized carbons (Fsp3) is 0.474. The Balaban J connectivity index is 1.69. The zero-order valence-electron chi connectivity index (χ0n) is 14.5. The first-order valence-corrected chi connectivity index (χ1v) is 8.74. The van der Waals surface area contributed by atoms with Crippen molar-refractivity contribution in [2.45, 2.75) is 39.2 Å². The number of likely N-dealkylation sites (tertiary alicyclic amines) is 1. The third-order valence-electron chi connectivity index (χ3n) is 5.18. The van der Waals surface area contributed by atoms with Gasteiger partial charge in [0.25, 0.3) is 11.8 Å². The summed E-state index contributed by atoms with van der Waals surface area (Å²) in [5.74, 6) is -0.823. The lowest BCUT2D eigenvalue weighted by molar-refractivity contribution is -0.138. The summed E-state index contributed by atoms with van der Waals surface area (Å²) in [6.07, 6.45) is 1.81. The molecule has 1 atom stereocenters. The third-order valence-corrected chi connectivity index (χ3v) is 5.18. The fourth-order valence-electron chi connectivity index (χ4n) is 3.64. The molecule has 1 unspecified atom stereocenters. The Morgan fingerprint density at radius 3 is 2.08 bits per heavy atom. The standard InChI is InChI=1S/C19H22N2O4/c1-3-16(22)13-8-10-20(11-9-13)17(23)12(2)21-18(24)14-6-4-5-7-15(14)19(21)25/h4-7,12-13H,3,8-11H2,1-2H3. The molecule has 3 amide bonds. The number of amides is 3. The van der Waals surface area contributed by atoms with E-state index in [2.05, 4.69) is 0 Å². The van der Waals surface area contributed by atoms with Crippen LogP contribution < -0.4 is 0 Å². The Labute approximate surface area is 146 Å². The number of fused-ring (bicyclic) bond motifs is 1. The second-order valence-corrected chi connectivity index (χ2v) is 6.62. The lowest BCUT2D eigenvalue weighted by Gasteiger charge is -2.34. The molecule has 1 saturated heterocycles. The van der Waals surface area contributed by atoms with Crippen LogP contribution in [0.25, 0.3) is 0 Å². The monoisotopic (exact) mass is 342 g/mol. The number of hydrogen-bond donors (Lipinski definition) is 0. The molecule has 6 nitrogen and oxygen atoms in total. The van der Waals surface area contributed by atoms with Crippen LogP contribution in [0, 0.1) is 5.92 Å². The van der Waals surface area contributed by atoms with E-state index in [4.69, 9.17) is 0 Å². The summed E-state index contributed by atoms with van der Waals surface area (Å²) in [6, 6.07) is 5.78. The Hall–Kier alpha value is -2.50. The Bertz CT molecular complexity index is 700. The number of Topliss-reactive ketones (excluding diaryl/α,β-unsaturated/α-hetero) is 1. The van der Waals surface area contributed by atoms with Crippen molar-refractivity contribution in [3.8, 4) is 0 Å². The summed E-state index contributed by atoms with van der Waals surface area (Å²) in [5, 5.41) is 0. The highest BCUT2D eigenvalue weighted by atomic mass is 16.2. The number of benzene rings is 1. The van der Waals surface area contributed by atoms with E-state index in [0.29, 0.717) is 43.5 Å². The molecule has 2 aliphatic rings. The number of piperidine rings is 1. The van der Waals surface area contributed by atoms with Gasteiger partial charge in [-0.1, -0.05) is 19.1 Å². The van der Waals surface area contributed by atoms with Crippen LogP contribution in [0.5, 0.6) is 0 Å². The molecular formula is C19H22N2O4. The Kier molecular flexibility index (Phi) is 4.70. The minimum Gasteiger partial charge on any atom is -0.341 e. The van der Waals surface area contributed by atoms with Crippen LogP contribution in [0.4, 0.5) is 0 Å². The van der Waals surface area contributed by atoms with Gasteiger partial charge in [0.05, 0.1) is 11.1 Å². The zero-order valence-corrected chi connectivity index (χ0v) is 14.5. The van der Waals surface area contributed by atoms with E-state index in [9.17, 15) is 19.2 Å². The predicted octanol–water partition coefficient (Wildman–Crippen LogP) is 1.89. The number of ketones is 1. The quantitative estimate of drug-likeness (QED) is 0.783. The third kappa shape index (κ3) is 2.97. The molecule has 0 radical (unpaired) electrons. The highest BCUT2D eigenvalue weighted by molar-refractivity contribution is 6.22. The van der Waals surface area contributed by atoms with Crippen molar-refractivity contribution in [1.29, 1.82) is 0 Å². The first-order valence-electron chi connectivity index (χ1n) is 8.74. The SMILES string of the molecule is CCC(=O)C1CCN(C(=O)C(C)N2C(=O)c3ccccc3C2=O)CC1. The van der Waals surface area contributed by atoms with Crippen LogP contribution >= 0.6 is 0 Å². The molecule has 1 aromatic rings. The van der Waals surface area contributed by atoms with Crippen molar-refractivity contribution < 1.29 is 19.2 Å². The van der Waals surface area contributed by atoms with E-state index in [-0.39, 0.29) is 17.6 Å². The molecule has 0 saturated carbocycles. The molecular weight excluding hydrogens is 320 g/mol. The van der Waals surface area contributed by atoms with Gasteiger partial charge in [0, 0.05) is 25.4 Å². The molecule has 2 aliphatic heterocycles. The molecule has 25 heavy (non-hydrogen) atoms. The highest BCUT2D eigenvalue weighted by Gasteiger charge is 2.42. The maximum atomic E-state index is 12.8. The van der Waals surface area contributed by atoms with Crippen molar-refractivity contribution in [3.63, 3.8) is 0 Å². The largest absolute Gasteiger partial charge is 0.341 e. The van der Waals surface area contributed by atoms with E-state index in [0.717, 1.165) is 4.90 Å². The Morgan fingerprint density at radius 2 is 1.60 bits per heavy atom. The molecule has 1 fully saturated rings. The topological polar surface area (TPSA) is 74.8 Å². The molecule has 2 heterocycles. The fourth-order valence-corrected chi connectivity index (χ4v) is 3.64. The molecule has 3 rings (SSSR count). The summed E-state index contributed by atoms with van der Waals surface area (Å²) in [6.45, 7) is 4.42. The minimum atomic E-state index is -0.842. The van der Waals surface area contributed by atoms with E-state index in [1.54, 1.807) is 36.1 Å². The Morgan fingerprint density at radius 1 is 1.08 bits per heavy atom. The first kappa shape index (κ1) is 17.3. The van der Waals surface area contributed by atoms with E-state index < -0.39 is 17.9 Å². The average Bonchev–Trinajstić information content (AvgIpc) is 2.91. The number of imide groups is 1. The number of carbonyl (C=O) groups excluding carboxylic acids is 4. The van der Waals surface area contributed by atoms with Crippen molar-refractivity contribution in [2.24, 2.45) is 5.92 Å². The van der Waals surface area contributed by atoms with Crippen molar-refractivity contribution in [3.05, 3.63) is 35.4 Å². The van der Waals surface area contributed by atoms with Gasteiger partial charge in [-0.3, -0.25) is 24.1 Å². The molecule has 6 heteroatoms. The number of nitrogens with zero attached hydrogens (tertiary/aromatic N) is 2. The maximum Gasteiger partial charge on any atom is 0.262 e. The minimum absolute atomic E-state index is 0.0173. The van der Waals surface area contributed by atoms with Gasteiger partial charge < -0.3 is 4.90 Å². The number of carbonyl (C=O) groups is 4. The van der Waals surface area contributed by atoms with Gasteiger partial charge in [0.1, 0.15) is 11.8 Å². The summed E-state index contributed by atoms with van der Waals surface area (Å²) in [7, 11) is 0. The van der Waals surface area contributed by atoms with E-state index >= 15 is 0 Å². The predicted molar refractivity (Wildman–Crippen MR) is 91.0 cm³/mol. The van der Waals surface area contributed by atoms with Gasteiger partial charge in [0.2, 0.25) is 5.91 Å². The average molecular weight is 342 g/mol. The van der Waals surface area contributed by atoms with Crippen molar-refractivity contribution in [1.82, 2.24) is 9.80 Å². The molecule has 1 aromatic carbocycles. The molecule has 0 aliphatic carbocycles. The van der Waals surface area contributed by atoms with E-state index in [1.807, 2.05) is 6.92 Å². The van der Waals surface area contributed by atoms with Crippen LogP contribution in [0.2, 0.25) is 0 Å². The molecule has 132 valence electrons.